The van der Waals surface area contributed by atoms with Crippen LogP contribution in [-0.2, 0) is 0 Å². The highest BCUT2D eigenvalue weighted by atomic mass is 32.2. The summed E-state index contributed by atoms with van der Waals surface area (Å²) in [5, 5.41) is 3.81. The van der Waals surface area contributed by atoms with Crippen LogP contribution in [0.3, 0.4) is 0 Å². The molecule has 1 aliphatic rings. The van der Waals surface area contributed by atoms with Gasteiger partial charge in [-0.05, 0) is 13.8 Å². The summed E-state index contributed by atoms with van der Waals surface area (Å²) in [5.74, 6) is 9.80. The number of hydrogen-bond acceptors (Lipinski definition) is 4. The predicted molar refractivity (Wildman–Crippen MR) is 71.5 cm³/mol. The highest BCUT2D eigenvalue weighted by molar-refractivity contribution is 8.06. The van der Waals surface area contributed by atoms with Gasteiger partial charge in [-0.25, -0.2) is 5.84 Å². The van der Waals surface area contributed by atoms with Crippen molar-refractivity contribution < 1.29 is 0 Å². The Balaban J connectivity index is 2.31. The minimum absolute atomic E-state index is 0.355. The number of aliphatic imine (C=N–C) groups is 1. The summed E-state index contributed by atoms with van der Waals surface area (Å²) in [5.41, 5.74) is 2.60. The average molecular weight is 248 g/mol. The third kappa shape index (κ3) is 5.53. The minimum atomic E-state index is 0.355. The van der Waals surface area contributed by atoms with E-state index in [1.54, 1.807) is 0 Å². The monoisotopic (exact) mass is 248 g/mol. The van der Waals surface area contributed by atoms with Crippen LogP contribution in [0, 0.1) is 0 Å². The standard InChI is InChI=1S/C9H20N4S2/c1-7(2)12-9(13-10)11-5-8-6-14-3-4-15-8/h7-8H,3-6,10H2,1-2H3,(H2,11,12,13). The van der Waals surface area contributed by atoms with Crippen molar-refractivity contribution in [3.8, 4) is 0 Å². The molecular formula is C9H20N4S2. The van der Waals surface area contributed by atoms with E-state index in [1.165, 1.54) is 17.3 Å². The Bertz CT molecular complexity index is 202. The molecule has 88 valence electrons. The molecule has 1 fully saturated rings. The Hall–Kier alpha value is -0.0700. The zero-order valence-corrected chi connectivity index (χ0v) is 11.0. The zero-order valence-electron chi connectivity index (χ0n) is 9.32. The molecule has 4 N–H and O–H groups in total. The fourth-order valence-corrected chi connectivity index (χ4v) is 3.82. The Kier molecular flexibility index (Phi) is 6.28. The van der Waals surface area contributed by atoms with Gasteiger partial charge in [0.25, 0.3) is 0 Å². The van der Waals surface area contributed by atoms with E-state index in [0.717, 1.165) is 6.54 Å². The van der Waals surface area contributed by atoms with Crippen molar-refractivity contribution in [1.82, 2.24) is 10.7 Å². The van der Waals surface area contributed by atoms with Crippen LogP contribution in [0.5, 0.6) is 0 Å². The molecule has 0 amide bonds. The third-order valence-corrected chi connectivity index (χ3v) is 4.73. The first-order chi connectivity index (χ1) is 7.22. The summed E-state index contributed by atoms with van der Waals surface area (Å²) in [6.07, 6.45) is 0. The highest BCUT2D eigenvalue weighted by Crippen LogP contribution is 2.23. The minimum Gasteiger partial charge on any atom is -0.353 e. The summed E-state index contributed by atoms with van der Waals surface area (Å²) >= 11 is 4.02. The number of hydrazine groups is 1. The van der Waals surface area contributed by atoms with Crippen molar-refractivity contribution in [2.45, 2.75) is 25.1 Å². The molecule has 1 rings (SSSR count). The van der Waals surface area contributed by atoms with Gasteiger partial charge in [0.1, 0.15) is 0 Å². The molecule has 4 nitrogen and oxygen atoms in total. The van der Waals surface area contributed by atoms with E-state index in [1.807, 2.05) is 23.5 Å². The van der Waals surface area contributed by atoms with Gasteiger partial charge in [-0.2, -0.15) is 23.5 Å². The van der Waals surface area contributed by atoms with Crippen molar-refractivity contribution in [1.29, 1.82) is 0 Å². The summed E-state index contributed by atoms with van der Waals surface area (Å²) in [6, 6.07) is 0.355. The maximum atomic E-state index is 5.38. The van der Waals surface area contributed by atoms with Crippen molar-refractivity contribution in [2.75, 3.05) is 23.8 Å². The fraction of sp³-hybridized carbons (Fsp3) is 0.889. The van der Waals surface area contributed by atoms with Crippen LogP contribution in [0.15, 0.2) is 4.99 Å². The molecule has 0 aromatic heterocycles. The molecule has 0 radical (unpaired) electrons. The van der Waals surface area contributed by atoms with Crippen molar-refractivity contribution in [2.24, 2.45) is 10.8 Å². The lowest BCUT2D eigenvalue weighted by molar-refractivity contribution is 0.702. The first-order valence-electron chi connectivity index (χ1n) is 5.19. The summed E-state index contributed by atoms with van der Waals surface area (Å²) in [6.45, 7) is 4.98. The van der Waals surface area contributed by atoms with Gasteiger partial charge in [-0.15, -0.1) is 0 Å². The van der Waals surface area contributed by atoms with Gasteiger partial charge in [-0.3, -0.25) is 10.4 Å². The van der Waals surface area contributed by atoms with Gasteiger partial charge in [0.15, 0.2) is 0 Å². The van der Waals surface area contributed by atoms with Crippen LogP contribution in [0.25, 0.3) is 0 Å². The van der Waals surface area contributed by atoms with Crippen molar-refractivity contribution >= 4 is 29.5 Å². The lowest BCUT2D eigenvalue weighted by Gasteiger charge is -2.20. The van der Waals surface area contributed by atoms with Crippen LogP contribution < -0.4 is 16.6 Å². The van der Waals surface area contributed by atoms with Crippen LogP contribution in [0.2, 0.25) is 0 Å². The lowest BCUT2D eigenvalue weighted by atomic mass is 10.4. The van der Waals surface area contributed by atoms with Crippen molar-refractivity contribution in [3.63, 3.8) is 0 Å². The first kappa shape index (κ1) is 13.0. The topological polar surface area (TPSA) is 62.4 Å². The molecule has 0 aliphatic carbocycles. The molecule has 0 spiro atoms. The van der Waals surface area contributed by atoms with E-state index in [4.69, 9.17) is 5.84 Å². The highest BCUT2D eigenvalue weighted by Gasteiger charge is 2.13. The lowest BCUT2D eigenvalue weighted by Crippen LogP contribution is -2.45. The second-order valence-electron chi connectivity index (χ2n) is 3.70. The third-order valence-electron chi connectivity index (χ3n) is 1.90. The molecule has 1 saturated heterocycles. The van der Waals surface area contributed by atoms with E-state index < -0.39 is 0 Å². The van der Waals surface area contributed by atoms with E-state index in [2.05, 4.69) is 29.6 Å². The number of rotatable bonds is 3. The number of nitrogens with one attached hydrogen (secondary N) is 2. The maximum absolute atomic E-state index is 5.38. The number of hydrogen-bond donors (Lipinski definition) is 3. The molecule has 0 saturated carbocycles. The normalized spacial score (nSPS) is 22.9. The SMILES string of the molecule is CC(C)NC(=NCC1CSCCS1)NN. The van der Waals surface area contributed by atoms with E-state index >= 15 is 0 Å². The largest absolute Gasteiger partial charge is 0.353 e. The second kappa shape index (κ2) is 7.24. The molecule has 1 unspecified atom stereocenters. The average Bonchev–Trinajstić information content (AvgIpc) is 2.25. The molecule has 15 heavy (non-hydrogen) atoms. The van der Waals surface area contributed by atoms with E-state index in [9.17, 15) is 0 Å². The Labute approximate surface area is 100 Å². The molecule has 0 aromatic rings. The van der Waals surface area contributed by atoms with Gasteiger partial charge in [0, 0.05) is 28.6 Å². The zero-order chi connectivity index (χ0) is 11.1. The quantitative estimate of drug-likeness (QED) is 0.296. The predicted octanol–water partition coefficient (Wildman–Crippen LogP) is 0.652. The molecule has 1 heterocycles. The smallest absolute Gasteiger partial charge is 0.205 e. The Morgan fingerprint density at radius 2 is 2.33 bits per heavy atom. The Morgan fingerprint density at radius 1 is 1.53 bits per heavy atom. The van der Waals surface area contributed by atoms with Crippen LogP contribution >= 0.6 is 23.5 Å². The molecule has 0 bridgehead atoms. The molecule has 0 aromatic carbocycles. The number of guanidine groups is 1. The number of nitrogens with zero attached hydrogens (tertiary/aromatic N) is 1. The Morgan fingerprint density at radius 3 is 2.87 bits per heavy atom. The van der Waals surface area contributed by atoms with Gasteiger partial charge in [-0.1, -0.05) is 0 Å². The van der Waals surface area contributed by atoms with Gasteiger partial charge >= 0.3 is 0 Å². The molecule has 1 aliphatic heterocycles. The van der Waals surface area contributed by atoms with Gasteiger partial charge < -0.3 is 5.32 Å². The van der Waals surface area contributed by atoms with Crippen LogP contribution in [0.4, 0.5) is 0 Å². The molecule has 1 atom stereocenters. The second-order valence-corrected chi connectivity index (χ2v) is 6.26. The molecular weight excluding hydrogens is 228 g/mol. The fourth-order valence-electron chi connectivity index (χ4n) is 1.24. The first-order valence-corrected chi connectivity index (χ1v) is 7.39. The van der Waals surface area contributed by atoms with Gasteiger partial charge in [0.05, 0.1) is 6.54 Å². The van der Waals surface area contributed by atoms with Crippen LogP contribution in [0.1, 0.15) is 13.8 Å². The van der Waals surface area contributed by atoms with E-state index in [-0.39, 0.29) is 0 Å². The van der Waals surface area contributed by atoms with Crippen molar-refractivity contribution in [3.05, 3.63) is 0 Å². The number of nitrogens with two attached hydrogens (primary N) is 1. The summed E-state index contributed by atoms with van der Waals surface area (Å²) in [7, 11) is 0. The summed E-state index contributed by atoms with van der Waals surface area (Å²) < 4.78 is 0. The summed E-state index contributed by atoms with van der Waals surface area (Å²) in [4.78, 5) is 4.44. The van der Waals surface area contributed by atoms with Crippen LogP contribution in [-0.4, -0.2) is 41.1 Å². The molecule has 6 heteroatoms. The maximum Gasteiger partial charge on any atom is 0.205 e. The number of thioether (sulfide) groups is 2. The van der Waals surface area contributed by atoms with E-state index in [0.29, 0.717) is 17.3 Å². The van der Waals surface area contributed by atoms with Gasteiger partial charge in [0.2, 0.25) is 5.96 Å².